The summed E-state index contributed by atoms with van der Waals surface area (Å²) in [6.07, 6.45) is 9.65. The third-order valence-corrected chi connectivity index (χ3v) is 7.74. The quantitative estimate of drug-likeness (QED) is 0.156. The molecule has 6 atom stereocenters. The Bertz CT molecular complexity index is 748. The number of carbonyl (C=O) groups is 2. The van der Waals surface area contributed by atoms with Gasteiger partial charge in [0.05, 0.1) is 25.2 Å². The van der Waals surface area contributed by atoms with Gasteiger partial charge in [0.2, 0.25) is 5.91 Å². The van der Waals surface area contributed by atoms with Crippen molar-refractivity contribution < 1.29 is 28.5 Å². The van der Waals surface area contributed by atoms with Crippen LogP contribution in [-0.4, -0.2) is 75.2 Å². The summed E-state index contributed by atoms with van der Waals surface area (Å²) in [5, 5.41) is 5.72. The molecule has 0 aromatic heterocycles. The van der Waals surface area contributed by atoms with Crippen LogP contribution in [0.25, 0.3) is 0 Å². The van der Waals surface area contributed by atoms with Gasteiger partial charge in [-0.2, -0.15) is 0 Å². The summed E-state index contributed by atoms with van der Waals surface area (Å²) >= 11 is 0. The van der Waals surface area contributed by atoms with E-state index in [9.17, 15) is 9.59 Å². The summed E-state index contributed by atoms with van der Waals surface area (Å²) in [4.78, 5) is 24.0. The number of allylic oxidation sites excluding steroid dienone is 1. The predicted molar refractivity (Wildman–Crippen MR) is 134 cm³/mol. The average molecular weight is 495 g/mol. The van der Waals surface area contributed by atoms with Crippen LogP contribution in [0.5, 0.6) is 0 Å². The maximum atomic E-state index is 12.6. The minimum atomic E-state index is -0.319. The van der Waals surface area contributed by atoms with Crippen molar-refractivity contribution in [3.05, 3.63) is 11.6 Å². The number of esters is 1. The van der Waals surface area contributed by atoms with Crippen LogP contribution < -0.4 is 10.6 Å². The lowest BCUT2D eigenvalue weighted by Gasteiger charge is -2.42. The second kappa shape index (κ2) is 12.7. The summed E-state index contributed by atoms with van der Waals surface area (Å²) in [7, 11) is 3.47. The molecule has 2 saturated heterocycles. The summed E-state index contributed by atoms with van der Waals surface area (Å²) < 4.78 is 24.1. The van der Waals surface area contributed by atoms with Crippen LogP contribution in [0, 0.1) is 5.92 Å². The predicted octanol–water partition coefficient (Wildman–Crippen LogP) is 3.28. The molecule has 3 fully saturated rings. The van der Waals surface area contributed by atoms with Crippen LogP contribution in [0.15, 0.2) is 11.6 Å². The van der Waals surface area contributed by atoms with Gasteiger partial charge in [-0.15, -0.1) is 0 Å². The molecule has 2 aliphatic heterocycles. The van der Waals surface area contributed by atoms with Gasteiger partial charge in [-0.05, 0) is 59.9 Å². The third kappa shape index (κ3) is 7.51. The Hall–Kier alpha value is -1.48. The summed E-state index contributed by atoms with van der Waals surface area (Å²) in [6, 6.07) is 0. The number of carbonyl (C=O) groups excluding carboxylic acids is 2. The maximum Gasteiger partial charge on any atom is 0.306 e. The van der Waals surface area contributed by atoms with E-state index < -0.39 is 0 Å². The van der Waals surface area contributed by atoms with Gasteiger partial charge in [0, 0.05) is 20.1 Å². The maximum absolute atomic E-state index is 12.6. The molecular weight excluding hydrogens is 448 g/mol. The molecule has 3 rings (SSSR count). The van der Waals surface area contributed by atoms with Gasteiger partial charge < -0.3 is 29.6 Å². The smallest absolute Gasteiger partial charge is 0.306 e. The second-order valence-electron chi connectivity index (χ2n) is 10.8. The van der Waals surface area contributed by atoms with Crippen LogP contribution in [0.4, 0.5) is 0 Å². The fraction of sp³-hybridized carbons (Fsp3) is 0.852. The lowest BCUT2D eigenvalue weighted by atomic mass is 9.68. The Kier molecular flexibility index (Phi) is 10.2. The van der Waals surface area contributed by atoms with Gasteiger partial charge in [0.15, 0.2) is 0 Å². The van der Waals surface area contributed by atoms with E-state index in [1.54, 1.807) is 14.2 Å². The standard InChI is InChI=1S/C27H46N2O6/c1-19(2)12-13-21-26(3,35-21)25-24(32-5)20(14-15-27(25)18-33-27)34-23(31)11-9-7-6-8-10-16-29-22(30)17-28-4/h12,20-21,24-25,28H,6-11,13-18H2,1-5H3,(H,29,30)/t20?,21-,24?,25?,26?,27+/m1/s1. The van der Waals surface area contributed by atoms with Crippen molar-refractivity contribution >= 4 is 11.9 Å². The lowest BCUT2D eigenvalue weighted by molar-refractivity contribution is -0.172. The van der Waals surface area contributed by atoms with Gasteiger partial charge >= 0.3 is 5.97 Å². The third-order valence-electron chi connectivity index (χ3n) is 7.74. The SMILES string of the molecule is CNCC(=O)NCCCCCCCC(=O)OC1CC[C@]2(CO2)C(C2(C)O[C@@H]2CC=C(C)C)C1OC. The molecule has 1 spiro atoms. The molecule has 1 amide bonds. The highest BCUT2D eigenvalue weighted by atomic mass is 16.6. The topological polar surface area (TPSA) is 102 Å². The number of hydrogen-bond donors (Lipinski definition) is 2. The molecule has 0 radical (unpaired) electrons. The molecule has 1 aliphatic carbocycles. The van der Waals surface area contributed by atoms with Gasteiger partial charge in [0.25, 0.3) is 0 Å². The highest BCUT2D eigenvalue weighted by molar-refractivity contribution is 5.77. The number of ether oxygens (including phenoxy) is 4. The Morgan fingerprint density at radius 2 is 1.86 bits per heavy atom. The normalized spacial score (nSPS) is 33.3. The van der Waals surface area contributed by atoms with E-state index in [1.165, 1.54) is 5.57 Å². The van der Waals surface area contributed by atoms with E-state index in [-0.39, 0.29) is 47.3 Å². The molecule has 2 N–H and O–H groups in total. The second-order valence-corrected chi connectivity index (χ2v) is 10.8. The first kappa shape index (κ1) is 28.1. The number of methoxy groups -OCH3 is 1. The molecule has 8 nitrogen and oxygen atoms in total. The molecule has 0 aromatic rings. The van der Waals surface area contributed by atoms with E-state index in [1.807, 2.05) is 0 Å². The lowest BCUT2D eigenvalue weighted by Crippen LogP contribution is -2.55. The summed E-state index contributed by atoms with van der Waals surface area (Å²) in [5.41, 5.74) is 0.765. The number of amides is 1. The number of rotatable bonds is 15. The molecule has 1 saturated carbocycles. The number of hydrogen-bond acceptors (Lipinski definition) is 7. The van der Waals surface area contributed by atoms with Crippen LogP contribution in [0.2, 0.25) is 0 Å². The number of likely N-dealkylation sites (N-methyl/N-ethyl adjacent to an activating group) is 1. The average Bonchev–Trinajstić information content (AvgIpc) is 3.72. The fourth-order valence-electron chi connectivity index (χ4n) is 5.67. The molecular formula is C27H46N2O6. The van der Waals surface area contributed by atoms with Crippen molar-refractivity contribution in [1.29, 1.82) is 0 Å². The van der Waals surface area contributed by atoms with Gasteiger partial charge in [-0.3, -0.25) is 9.59 Å². The number of nitrogens with one attached hydrogen (secondary N) is 2. The Labute approximate surface area is 210 Å². The zero-order valence-corrected chi connectivity index (χ0v) is 22.3. The summed E-state index contributed by atoms with van der Waals surface area (Å²) in [5.74, 6) is -0.0687. The van der Waals surface area contributed by atoms with Crippen molar-refractivity contribution in [1.82, 2.24) is 10.6 Å². The Morgan fingerprint density at radius 1 is 1.14 bits per heavy atom. The highest BCUT2D eigenvalue weighted by Crippen LogP contribution is 2.59. The minimum Gasteiger partial charge on any atom is -0.460 e. The molecule has 0 bridgehead atoms. The largest absolute Gasteiger partial charge is 0.460 e. The number of unbranched alkanes of at least 4 members (excludes halogenated alkanes) is 4. The Morgan fingerprint density at radius 3 is 2.51 bits per heavy atom. The van der Waals surface area contributed by atoms with E-state index in [0.717, 1.165) is 58.0 Å². The zero-order valence-electron chi connectivity index (χ0n) is 22.3. The molecule has 8 heteroatoms. The van der Waals surface area contributed by atoms with Crippen LogP contribution >= 0.6 is 0 Å². The fourth-order valence-corrected chi connectivity index (χ4v) is 5.67. The molecule has 0 aromatic carbocycles. The van der Waals surface area contributed by atoms with Gasteiger partial charge in [0.1, 0.15) is 23.4 Å². The molecule has 3 aliphatic rings. The van der Waals surface area contributed by atoms with Gasteiger partial charge in [-0.1, -0.05) is 30.9 Å². The zero-order chi connectivity index (χ0) is 25.5. The van der Waals surface area contributed by atoms with Crippen molar-refractivity contribution in [3.8, 4) is 0 Å². The van der Waals surface area contributed by atoms with Crippen LogP contribution in [0.3, 0.4) is 0 Å². The highest BCUT2D eigenvalue weighted by Gasteiger charge is 2.72. The Balaban J connectivity index is 1.40. The molecule has 200 valence electrons. The first-order chi connectivity index (χ1) is 16.8. The minimum absolute atomic E-state index is 0.0272. The van der Waals surface area contributed by atoms with Crippen molar-refractivity contribution in [2.75, 3.05) is 33.9 Å². The van der Waals surface area contributed by atoms with E-state index in [0.29, 0.717) is 19.5 Å². The monoisotopic (exact) mass is 494 g/mol. The molecule has 2 heterocycles. The van der Waals surface area contributed by atoms with Crippen LogP contribution in [-0.2, 0) is 28.5 Å². The van der Waals surface area contributed by atoms with Crippen LogP contribution in [0.1, 0.15) is 78.6 Å². The van der Waals surface area contributed by atoms with Crippen molar-refractivity contribution in [3.63, 3.8) is 0 Å². The van der Waals surface area contributed by atoms with E-state index in [4.69, 9.17) is 18.9 Å². The molecule has 35 heavy (non-hydrogen) atoms. The first-order valence-corrected chi connectivity index (χ1v) is 13.3. The molecule has 4 unspecified atom stereocenters. The van der Waals surface area contributed by atoms with Crippen molar-refractivity contribution in [2.45, 2.75) is 108 Å². The number of epoxide rings is 2. The van der Waals surface area contributed by atoms with Crippen molar-refractivity contribution in [2.24, 2.45) is 5.92 Å². The van der Waals surface area contributed by atoms with Gasteiger partial charge in [-0.25, -0.2) is 0 Å². The summed E-state index contributed by atoms with van der Waals surface area (Å²) in [6.45, 7) is 8.15. The van der Waals surface area contributed by atoms with E-state index in [2.05, 4.69) is 37.5 Å². The van der Waals surface area contributed by atoms with E-state index >= 15 is 0 Å². The first-order valence-electron chi connectivity index (χ1n) is 13.3.